The molecule has 0 amide bonds. The average Bonchev–Trinajstić information content (AvgIpc) is 2.80. The highest BCUT2D eigenvalue weighted by Crippen LogP contribution is 2.32. The molecule has 0 radical (unpaired) electrons. The second-order valence-electron chi connectivity index (χ2n) is 4.63. The monoisotopic (exact) mass is 246 g/mol. The third-order valence-electron chi connectivity index (χ3n) is 3.56. The molecule has 1 nitrogen and oxygen atoms in total. The van der Waals surface area contributed by atoms with Crippen LogP contribution in [0.15, 0.2) is 22.9 Å². The maximum atomic E-state index is 10.5. The predicted octanol–water partition coefficient (Wildman–Crippen LogP) is 4.06. The van der Waals surface area contributed by atoms with Gasteiger partial charge in [-0.25, -0.2) is 0 Å². The Bertz CT molecular complexity index is 500. The van der Waals surface area contributed by atoms with Crippen molar-refractivity contribution in [2.24, 2.45) is 0 Å². The molecule has 0 bridgehead atoms. The molecule has 0 aliphatic carbocycles. The van der Waals surface area contributed by atoms with Crippen LogP contribution in [0.25, 0.3) is 0 Å². The first-order valence-corrected chi connectivity index (χ1v) is 6.74. The summed E-state index contributed by atoms with van der Waals surface area (Å²) in [6.07, 6.45) is -0.500. The molecule has 0 saturated heterocycles. The number of rotatable bonds is 2. The van der Waals surface area contributed by atoms with Gasteiger partial charge in [0.1, 0.15) is 6.10 Å². The van der Waals surface area contributed by atoms with Crippen LogP contribution >= 0.6 is 11.3 Å². The van der Waals surface area contributed by atoms with Crippen LogP contribution in [-0.2, 0) is 0 Å². The quantitative estimate of drug-likeness (QED) is 0.847. The maximum absolute atomic E-state index is 10.5. The van der Waals surface area contributed by atoms with Gasteiger partial charge in [-0.3, -0.25) is 0 Å². The predicted molar refractivity (Wildman–Crippen MR) is 73.8 cm³/mol. The topological polar surface area (TPSA) is 20.2 Å². The van der Waals surface area contributed by atoms with Crippen molar-refractivity contribution >= 4 is 11.3 Å². The van der Waals surface area contributed by atoms with Crippen molar-refractivity contribution in [2.45, 2.75) is 33.8 Å². The Kier molecular flexibility index (Phi) is 3.36. The normalized spacial score (nSPS) is 12.8. The lowest BCUT2D eigenvalue weighted by molar-refractivity contribution is 0.219. The summed E-state index contributed by atoms with van der Waals surface area (Å²) in [6.45, 7) is 8.39. The standard InChI is InChI=1S/C15H18OS/c1-9-7-10(2)12(4)14(11(9)3)15(16)13-5-6-17-8-13/h5-8,15-16H,1-4H3. The second-order valence-corrected chi connectivity index (χ2v) is 5.41. The minimum atomic E-state index is -0.500. The van der Waals surface area contributed by atoms with E-state index in [2.05, 4.69) is 33.8 Å². The Morgan fingerprint density at radius 2 is 1.65 bits per heavy atom. The van der Waals surface area contributed by atoms with Gasteiger partial charge in [-0.1, -0.05) is 6.07 Å². The zero-order chi connectivity index (χ0) is 12.6. The molecule has 0 spiro atoms. The van der Waals surface area contributed by atoms with Crippen LogP contribution in [0.5, 0.6) is 0 Å². The third kappa shape index (κ3) is 2.15. The van der Waals surface area contributed by atoms with Crippen LogP contribution in [0.4, 0.5) is 0 Å². The lowest BCUT2D eigenvalue weighted by Crippen LogP contribution is -2.06. The summed E-state index contributed by atoms with van der Waals surface area (Å²) in [4.78, 5) is 0. The van der Waals surface area contributed by atoms with Crippen LogP contribution in [0.1, 0.15) is 39.5 Å². The van der Waals surface area contributed by atoms with Crippen LogP contribution in [-0.4, -0.2) is 5.11 Å². The molecule has 1 N–H and O–H groups in total. The molecule has 1 aromatic heterocycles. The molecule has 1 atom stereocenters. The molecule has 17 heavy (non-hydrogen) atoms. The molecular formula is C15H18OS. The molecular weight excluding hydrogens is 228 g/mol. The van der Waals surface area contributed by atoms with Crippen molar-refractivity contribution in [3.05, 3.63) is 56.3 Å². The van der Waals surface area contributed by atoms with Crippen molar-refractivity contribution < 1.29 is 5.11 Å². The Labute approximate surface area is 107 Å². The summed E-state index contributed by atoms with van der Waals surface area (Å²) < 4.78 is 0. The number of hydrogen-bond donors (Lipinski definition) is 1. The van der Waals surface area contributed by atoms with Gasteiger partial charge in [-0.2, -0.15) is 11.3 Å². The smallest absolute Gasteiger partial charge is 0.105 e. The fraction of sp³-hybridized carbons (Fsp3) is 0.333. The van der Waals surface area contributed by atoms with Gasteiger partial charge < -0.3 is 5.11 Å². The van der Waals surface area contributed by atoms with Crippen molar-refractivity contribution in [3.8, 4) is 0 Å². The van der Waals surface area contributed by atoms with Gasteiger partial charge in [0, 0.05) is 0 Å². The molecule has 2 heteroatoms. The Morgan fingerprint density at radius 3 is 2.12 bits per heavy atom. The summed E-state index contributed by atoms with van der Waals surface area (Å²) in [5.74, 6) is 0. The Morgan fingerprint density at radius 1 is 1.06 bits per heavy atom. The zero-order valence-corrected chi connectivity index (χ0v) is 11.6. The molecule has 2 rings (SSSR count). The number of aliphatic hydroxyl groups is 1. The van der Waals surface area contributed by atoms with E-state index in [9.17, 15) is 5.11 Å². The lowest BCUT2D eigenvalue weighted by atomic mass is 9.89. The third-order valence-corrected chi connectivity index (χ3v) is 4.26. The minimum absolute atomic E-state index is 0.500. The van der Waals surface area contributed by atoms with Gasteiger partial charge in [0.2, 0.25) is 0 Å². The molecule has 1 aromatic carbocycles. The summed E-state index contributed by atoms with van der Waals surface area (Å²) in [6, 6.07) is 4.18. The molecule has 90 valence electrons. The van der Waals surface area contributed by atoms with E-state index in [4.69, 9.17) is 0 Å². The summed E-state index contributed by atoms with van der Waals surface area (Å²) in [7, 11) is 0. The molecule has 1 unspecified atom stereocenters. The Balaban J connectivity index is 2.59. The summed E-state index contributed by atoms with van der Waals surface area (Å²) in [5.41, 5.74) is 6.96. The maximum Gasteiger partial charge on any atom is 0.105 e. The van der Waals surface area contributed by atoms with Crippen molar-refractivity contribution in [2.75, 3.05) is 0 Å². The second kappa shape index (κ2) is 4.63. The molecule has 0 aliphatic heterocycles. The highest BCUT2D eigenvalue weighted by Gasteiger charge is 2.18. The SMILES string of the molecule is Cc1cc(C)c(C)c(C(O)c2ccsc2)c1C. The highest BCUT2D eigenvalue weighted by molar-refractivity contribution is 7.07. The fourth-order valence-corrected chi connectivity index (χ4v) is 2.93. The molecule has 0 fully saturated rings. The number of aliphatic hydroxyl groups excluding tert-OH is 1. The van der Waals surface area contributed by atoms with E-state index in [0.717, 1.165) is 11.1 Å². The van der Waals surface area contributed by atoms with Gasteiger partial charge in [0.15, 0.2) is 0 Å². The van der Waals surface area contributed by atoms with Gasteiger partial charge >= 0.3 is 0 Å². The minimum Gasteiger partial charge on any atom is -0.384 e. The number of hydrogen-bond acceptors (Lipinski definition) is 2. The highest BCUT2D eigenvalue weighted by atomic mass is 32.1. The van der Waals surface area contributed by atoms with Gasteiger partial charge in [0.05, 0.1) is 0 Å². The van der Waals surface area contributed by atoms with Crippen molar-refractivity contribution in [1.82, 2.24) is 0 Å². The van der Waals surface area contributed by atoms with Crippen molar-refractivity contribution in [1.29, 1.82) is 0 Å². The summed E-state index contributed by atoms with van der Waals surface area (Å²) >= 11 is 1.62. The van der Waals surface area contributed by atoms with Gasteiger partial charge in [-0.05, 0) is 77.9 Å². The summed E-state index contributed by atoms with van der Waals surface area (Å²) in [5, 5.41) is 14.5. The number of aryl methyl sites for hydroxylation is 2. The van der Waals surface area contributed by atoms with E-state index in [1.807, 2.05) is 16.8 Å². The first-order chi connectivity index (χ1) is 8.02. The van der Waals surface area contributed by atoms with Crippen LogP contribution < -0.4 is 0 Å². The first kappa shape index (κ1) is 12.3. The van der Waals surface area contributed by atoms with Gasteiger partial charge in [-0.15, -0.1) is 0 Å². The average molecular weight is 246 g/mol. The van der Waals surface area contributed by atoms with E-state index in [1.165, 1.54) is 22.3 Å². The largest absolute Gasteiger partial charge is 0.384 e. The van der Waals surface area contributed by atoms with E-state index in [1.54, 1.807) is 11.3 Å². The van der Waals surface area contributed by atoms with Crippen LogP contribution in [0.3, 0.4) is 0 Å². The fourth-order valence-electron chi connectivity index (χ4n) is 2.25. The van der Waals surface area contributed by atoms with E-state index < -0.39 is 6.10 Å². The van der Waals surface area contributed by atoms with E-state index >= 15 is 0 Å². The van der Waals surface area contributed by atoms with Gasteiger partial charge in [0.25, 0.3) is 0 Å². The van der Waals surface area contributed by atoms with Crippen molar-refractivity contribution in [3.63, 3.8) is 0 Å². The number of thiophene rings is 1. The van der Waals surface area contributed by atoms with E-state index in [-0.39, 0.29) is 0 Å². The zero-order valence-electron chi connectivity index (χ0n) is 10.7. The Hall–Kier alpha value is -1.12. The van der Waals surface area contributed by atoms with Crippen LogP contribution in [0, 0.1) is 27.7 Å². The first-order valence-electron chi connectivity index (χ1n) is 5.79. The number of benzene rings is 1. The van der Waals surface area contributed by atoms with E-state index in [0.29, 0.717) is 0 Å². The molecule has 2 aromatic rings. The van der Waals surface area contributed by atoms with Crippen LogP contribution in [0.2, 0.25) is 0 Å². The molecule has 0 saturated carbocycles. The lowest BCUT2D eigenvalue weighted by Gasteiger charge is -2.19. The molecule has 1 heterocycles. The molecule has 0 aliphatic rings.